The molecule has 0 radical (unpaired) electrons. The van der Waals surface area contributed by atoms with Crippen LogP contribution < -0.4 is 10.6 Å². The molecule has 0 spiro atoms. The van der Waals surface area contributed by atoms with Gasteiger partial charge in [-0.05, 0) is 18.2 Å². The van der Waals surface area contributed by atoms with Crippen LogP contribution in [0.15, 0.2) is 48.7 Å². The second kappa shape index (κ2) is 6.85. The molecule has 2 heterocycles. The fourth-order valence-electron chi connectivity index (χ4n) is 3.02. The SMILES string of the molecule is NCC(c1ccccc1F)N1CCN(c2ccccn2)CC1. The zero-order valence-electron chi connectivity index (χ0n) is 12.5. The summed E-state index contributed by atoms with van der Waals surface area (Å²) in [5.74, 6) is 0.822. The molecule has 1 saturated heterocycles. The smallest absolute Gasteiger partial charge is 0.128 e. The molecule has 0 aliphatic carbocycles. The van der Waals surface area contributed by atoms with Gasteiger partial charge in [-0.1, -0.05) is 24.3 Å². The van der Waals surface area contributed by atoms with Crippen LogP contribution in [0.1, 0.15) is 11.6 Å². The van der Waals surface area contributed by atoms with E-state index < -0.39 is 0 Å². The minimum atomic E-state index is -0.176. The number of pyridine rings is 1. The summed E-state index contributed by atoms with van der Waals surface area (Å²) in [6.45, 7) is 3.88. The molecule has 1 atom stereocenters. The quantitative estimate of drug-likeness (QED) is 0.938. The molecular weight excluding hydrogens is 279 g/mol. The normalized spacial score (nSPS) is 17.5. The number of aromatic nitrogens is 1. The Kier molecular flexibility index (Phi) is 4.65. The monoisotopic (exact) mass is 300 g/mol. The van der Waals surface area contributed by atoms with Gasteiger partial charge in [0.05, 0.1) is 6.04 Å². The molecule has 1 aliphatic rings. The summed E-state index contributed by atoms with van der Waals surface area (Å²) >= 11 is 0. The van der Waals surface area contributed by atoms with E-state index in [0.717, 1.165) is 32.0 Å². The van der Waals surface area contributed by atoms with Crippen LogP contribution in [0.25, 0.3) is 0 Å². The first-order valence-electron chi connectivity index (χ1n) is 7.64. The lowest BCUT2D eigenvalue weighted by atomic mass is 10.0. The summed E-state index contributed by atoms with van der Waals surface area (Å²) in [4.78, 5) is 8.90. The Labute approximate surface area is 130 Å². The number of hydrogen-bond acceptors (Lipinski definition) is 4. The number of anilines is 1. The van der Waals surface area contributed by atoms with Gasteiger partial charge in [-0.15, -0.1) is 0 Å². The van der Waals surface area contributed by atoms with E-state index in [1.165, 1.54) is 6.07 Å². The van der Waals surface area contributed by atoms with Crippen molar-refractivity contribution >= 4 is 5.82 Å². The minimum Gasteiger partial charge on any atom is -0.354 e. The maximum Gasteiger partial charge on any atom is 0.128 e. The lowest BCUT2D eigenvalue weighted by Crippen LogP contribution is -2.49. The summed E-state index contributed by atoms with van der Waals surface area (Å²) in [5, 5.41) is 0. The van der Waals surface area contributed by atoms with E-state index in [2.05, 4.69) is 14.8 Å². The van der Waals surface area contributed by atoms with E-state index in [1.54, 1.807) is 6.07 Å². The Morgan fingerprint density at radius 1 is 1.05 bits per heavy atom. The average molecular weight is 300 g/mol. The summed E-state index contributed by atoms with van der Waals surface area (Å²) in [6, 6.07) is 12.8. The average Bonchev–Trinajstić information content (AvgIpc) is 2.59. The summed E-state index contributed by atoms with van der Waals surface area (Å²) in [5.41, 5.74) is 6.61. The summed E-state index contributed by atoms with van der Waals surface area (Å²) in [7, 11) is 0. The van der Waals surface area contributed by atoms with Crippen LogP contribution >= 0.6 is 0 Å². The van der Waals surface area contributed by atoms with Gasteiger partial charge in [0.15, 0.2) is 0 Å². The molecule has 3 rings (SSSR count). The van der Waals surface area contributed by atoms with Gasteiger partial charge in [-0.3, -0.25) is 4.90 Å². The van der Waals surface area contributed by atoms with Crippen LogP contribution in [-0.4, -0.2) is 42.6 Å². The molecule has 5 heteroatoms. The van der Waals surface area contributed by atoms with Gasteiger partial charge < -0.3 is 10.6 Å². The van der Waals surface area contributed by atoms with E-state index in [-0.39, 0.29) is 11.9 Å². The second-order valence-electron chi connectivity index (χ2n) is 5.48. The molecule has 0 saturated carbocycles. The van der Waals surface area contributed by atoms with E-state index in [9.17, 15) is 4.39 Å². The van der Waals surface area contributed by atoms with Gasteiger partial charge in [-0.25, -0.2) is 9.37 Å². The lowest BCUT2D eigenvalue weighted by Gasteiger charge is -2.39. The van der Waals surface area contributed by atoms with Crippen molar-refractivity contribution in [2.24, 2.45) is 5.73 Å². The van der Waals surface area contributed by atoms with Crippen molar-refractivity contribution in [1.29, 1.82) is 0 Å². The standard InChI is InChI=1S/C17H21FN4/c18-15-6-2-1-5-14(15)16(13-19)21-9-11-22(12-10-21)17-7-3-4-8-20-17/h1-8,16H,9-13,19H2. The highest BCUT2D eigenvalue weighted by Gasteiger charge is 2.26. The molecule has 2 aromatic rings. The number of piperazine rings is 1. The predicted molar refractivity (Wildman–Crippen MR) is 86.2 cm³/mol. The van der Waals surface area contributed by atoms with Crippen molar-refractivity contribution in [3.05, 3.63) is 60.0 Å². The van der Waals surface area contributed by atoms with Crippen LogP contribution in [0.5, 0.6) is 0 Å². The van der Waals surface area contributed by atoms with Crippen LogP contribution in [0, 0.1) is 5.82 Å². The van der Waals surface area contributed by atoms with Gasteiger partial charge in [0.1, 0.15) is 11.6 Å². The predicted octanol–water partition coefficient (Wildman–Crippen LogP) is 2.04. The zero-order chi connectivity index (χ0) is 15.4. The van der Waals surface area contributed by atoms with Crippen LogP contribution in [0.2, 0.25) is 0 Å². The maximum atomic E-state index is 14.0. The minimum absolute atomic E-state index is 0.0629. The molecule has 1 aromatic carbocycles. The third kappa shape index (κ3) is 3.10. The Bertz CT molecular complexity index is 597. The topological polar surface area (TPSA) is 45.4 Å². The highest BCUT2D eigenvalue weighted by molar-refractivity contribution is 5.38. The van der Waals surface area contributed by atoms with Crippen LogP contribution in [0.4, 0.5) is 10.2 Å². The van der Waals surface area contributed by atoms with E-state index in [0.29, 0.717) is 12.1 Å². The third-order valence-electron chi connectivity index (χ3n) is 4.22. The number of benzene rings is 1. The van der Waals surface area contributed by atoms with Gasteiger partial charge >= 0.3 is 0 Å². The summed E-state index contributed by atoms with van der Waals surface area (Å²) < 4.78 is 14.0. The Balaban J connectivity index is 1.68. The van der Waals surface area contributed by atoms with E-state index >= 15 is 0 Å². The highest BCUT2D eigenvalue weighted by atomic mass is 19.1. The van der Waals surface area contributed by atoms with E-state index in [4.69, 9.17) is 5.73 Å². The van der Waals surface area contributed by atoms with Gasteiger partial charge in [-0.2, -0.15) is 0 Å². The number of rotatable bonds is 4. The van der Waals surface area contributed by atoms with Crippen LogP contribution in [0.3, 0.4) is 0 Å². The molecule has 0 bridgehead atoms. The van der Waals surface area contributed by atoms with Gasteiger partial charge in [0, 0.05) is 44.5 Å². The molecule has 0 amide bonds. The van der Waals surface area contributed by atoms with Crippen molar-refractivity contribution in [2.45, 2.75) is 6.04 Å². The maximum absolute atomic E-state index is 14.0. The molecule has 1 unspecified atom stereocenters. The van der Waals surface area contributed by atoms with Crippen LogP contribution in [-0.2, 0) is 0 Å². The molecule has 1 aliphatic heterocycles. The number of nitrogens with zero attached hydrogens (tertiary/aromatic N) is 3. The second-order valence-corrected chi connectivity index (χ2v) is 5.48. The summed E-state index contributed by atoms with van der Waals surface area (Å²) in [6.07, 6.45) is 1.81. The molecule has 2 N–H and O–H groups in total. The fraction of sp³-hybridized carbons (Fsp3) is 0.353. The highest BCUT2D eigenvalue weighted by Crippen LogP contribution is 2.24. The van der Waals surface area contributed by atoms with Crippen molar-refractivity contribution in [1.82, 2.24) is 9.88 Å². The third-order valence-corrected chi connectivity index (χ3v) is 4.22. The first kappa shape index (κ1) is 14.9. The van der Waals surface area contributed by atoms with Crippen molar-refractivity contribution in [3.63, 3.8) is 0 Å². The first-order chi connectivity index (χ1) is 10.8. The van der Waals surface area contributed by atoms with E-state index in [1.807, 2.05) is 36.5 Å². The van der Waals surface area contributed by atoms with Crippen molar-refractivity contribution in [2.75, 3.05) is 37.6 Å². The van der Waals surface area contributed by atoms with Gasteiger partial charge in [0.25, 0.3) is 0 Å². The van der Waals surface area contributed by atoms with Crippen molar-refractivity contribution in [3.8, 4) is 0 Å². The fourth-order valence-corrected chi connectivity index (χ4v) is 3.02. The molecule has 4 nitrogen and oxygen atoms in total. The van der Waals surface area contributed by atoms with Gasteiger partial charge in [0.2, 0.25) is 0 Å². The molecule has 1 aromatic heterocycles. The number of hydrogen-bond donors (Lipinski definition) is 1. The largest absolute Gasteiger partial charge is 0.354 e. The zero-order valence-corrected chi connectivity index (χ0v) is 12.5. The Morgan fingerprint density at radius 3 is 2.41 bits per heavy atom. The van der Waals surface area contributed by atoms with Crippen molar-refractivity contribution < 1.29 is 4.39 Å². The first-order valence-corrected chi connectivity index (χ1v) is 7.64. The number of halogens is 1. The Morgan fingerprint density at radius 2 is 1.77 bits per heavy atom. The lowest BCUT2D eigenvalue weighted by molar-refractivity contribution is 0.186. The molecule has 116 valence electrons. The Hall–Kier alpha value is -1.98. The molecule has 1 fully saturated rings. The molecular formula is C17H21FN4. The number of nitrogens with two attached hydrogens (primary N) is 1. The molecule has 22 heavy (non-hydrogen) atoms.